The highest BCUT2D eigenvalue weighted by molar-refractivity contribution is 8.77. The van der Waals surface area contributed by atoms with Gasteiger partial charge in [0.15, 0.2) is 0 Å². The third-order valence-corrected chi connectivity index (χ3v) is 5.85. The summed E-state index contributed by atoms with van der Waals surface area (Å²) in [5.41, 5.74) is 0. The molecule has 1 aliphatic heterocycles. The Labute approximate surface area is 122 Å². The van der Waals surface area contributed by atoms with Crippen LogP contribution in [-0.4, -0.2) is 35.9 Å². The Morgan fingerprint density at radius 2 is 2.05 bits per heavy atom. The standard InChI is InChI=1S/C13H22N2O2S2/c1-2-12(16)14-8-9-15-13(17)6-4-3-5-11-7-10-18-19-11/h2,11H,1,3-10H2,(H,14,16)(H,15,17). The Kier molecular flexibility index (Phi) is 8.82. The van der Waals surface area contributed by atoms with Crippen molar-refractivity contribution in [3.8, 4) is 0 Å². The first-order valence-electron chi connectivity index (χ1n) is 6.67. The lowest BCUT2D eigenvalue weighted by molar-refractivity contribution is -0.121. The molecule has 1 rings (SSSR count). The van der Waals surface area contributed by atoms with Crippen molar-refractivity contribution in [2.24, 2.45) is 0 Å². The molecular weight excluding hydrogens is 280 g/mol. The quantitative estimate of drug-likeness (QED) is 0.389. The second-order valence-electron chi connectivity index (χ2n) is 4.42. The lowest BCUT2D eigenvalue weighted by atomic mass is 10.1. The van der Waals surface area contributed by atoms with Crippen molar-refractivity contribution in [2.75, 3.05) is 18.8 Å². The topological polar surface area (TPSA) is 58.2 Å². The zero-order valence-corrected chi connectivity index (χ0v) is 12.8. The van der Waals surface area contributed by atoms with Gasteiger partial charge in [-0.2, -0.15) is 0 Å². The monoisotopic (exact) mass is 302 g/mol. The second kappa shape index (κ2) is 10.2. The summed E-state index contributed by atoms with van der Waals surface area (Å²) in [5, 5.41) is 6.20. The molecule has 1 atom stereocenters. The molecule has 1 aliphatic rings. The van der Waals surface area contributed by atoms with E-state index in [1.165, 1.54) is 24.7 Å². The second-order valence-corrected chi connectivity index (χ2v) is 7.21. The van der Waals surface area contributed by atoms with Crippen molar-refractivity contribution in [2.45, 2.75) is 37.4 Å². The van der Waals surface area contributed by atoms with Crippen LogP contribution in [0.3, 0.4) is 0 Å². The zero-order valence-electron chi connectivity index (χ0n) is 11.2. The van der Waals surface area contributed by atoms with Gasteiger partial charge in [0.25, 0.3) is 0 Å². The molecule has 108 valence electrons. The van der Waals surface area contributed by atoms with Gasteiger partial charge >= 0.3 is 0 Å². The van der Waals surface area contributed by atoms with Crippen LogP contribution in [-0.2, 0) is 9.59 Å². The van der Waals surface area contributed by atoms with Gasteiger partial charge in [0.1, 0.15) is 0 Å². The van der Waals surface area contributed by atoms with E-state index in [-0.39, 0.29) is 11.8 Å². The van der Waals surface area contributed by atoms with Crippen molar-refractivity contribution in [3.63, 3.8) is 0 Å². The Morgan fingerprint density at radius 3 is 2.74 bits per heavy atom. The first-order valence-corrected chi connectivity index (χ1v) is 9.06. The molecular formula is C13H22N2O2S2. The number of nitrogens with one attached hydrogen (secondary N) is 2. The van der Waals surface area contributed by atoms with Gasteiger partial charge in [-0.05, 0) is 25.3 Å². The minimum atomic E-state index is -0.207. The molecule has 2 N–H and O–H groups in total. The number of carbonyl (C=O) groups is 2. The number of amides is 2. The largest absolute Gasteiger partial charge is 0.354 e. The number of rotatable bonds is 9. The van der Waals surface area contributed by atoms with E-state index in [4.69, 9.17) is 0 Å². The van der Waals surface area contributed by atoms with E-state index < -0.39 is 0 Å². The zero-order chi connectivity index (χ0) is 13.9. The average molecular weight is 302 g/mol. The first-order chi connectivity index (χ1) is 9.22. The van der Waals surface area contributed by atoms with Crippen molar-refractivity contribution >= 4 is 33.4 Å². The van der Waals surface area contributed by atoms with Crippen LogP contribution in [0.15, 0.2) is 12.7 Å². The van der Waals surface area contributed by atoms with Crippen molar-refractivity contribution in [1.29, 1.82) is 0 Å². The lowest BCUT2D eigenvalue weighted by Gasteiger charge is -2.07. The molecule has 19 heavy (non-hydrogen) atoms. The molecule has 0 aromatic rings. The Morgan fingerprint density at radius 1 is 1.26 bits per heavy atom. The van der Waals surface area contributed by atoms with Crippen LogP contribution < -0.4 is 10.6 Å². The molecule has 0 aromatic carbocycles. The van der Waals surface area contributed by atoms with E-state index in [9.17, 15) is 9.59 Å². The number of hydrogen-bond donors (Lipinski definition) is 2. The van der Waals surface area contributed by atoms with Gasteiger partial charge in [0.2, 0.25) is 11.8 Å². The summed E-state index contributed by atoms with van der Waals surface area (Å²) in [6, 6.07) is 0. The molecule has 0 aromatic heterocycles. The van der Waals surface area contributed by atoms with E-state index in [0.29, 0.717) is 19.5 Å². The van der Waals surface area contributed by atoms with E-state index >= 15 is 0 Å². The summed E-state index contributed by atoms with van der Waals surface area (Å²) < 4.78 is 0. The molecule has 4 nitrogen and oxygen atoms in total. The average Bonchev–Trinajstić information content (AvgIpc) is 2.92. The fourth-order valence-electron chi connectivity index (χ4n) is 1.77. The molecule has 2 amide bonds. The highest BCUT2D eigenvalue weighted by Gasteiger charge is 2.15. The summed E-state index contributed by atoms with van der Waals surface area (Å²) in [6.45, 7) is 4.28. The van der Waals surface area contributed by atoms with Crippen molar-refractivity contribution in [3.05, 3.63) is 12.7 Å². The molecule has 0 bridgehead atoms. The minimum absolute atomic E-state index is 0.0707. The third-order valence-electron chi connectivity index (χ3n) is 2.84. The number of unbranched alkanes of at least 4 members (excludes halogenated alkanes) is 1. The van der Waals surface area contributed by atoms with Crippen LogP contribution in [0.25, 0.3) is 0 Å². The normalized spacial score (nSPS) is 18.0. The minimum Gasteiger partial charge on any atom is -0.354 e. The van der Waals surface area contributed by atoms with Gasteiger partial charge in [-0.3, -0.25) is 9.59 Å². The van der Waals surface area contributed by atoms with Crippen LogP contribution in [0.2, 0.25) is 0 Å². The van der Waals surface area contributed by atoms with E-state index in [1.807, 2.05) is 21.6 Å². The molecule has 0 aliphatic carbocycles. The molecule has 0 spiro atoms. The molecule has 1 unspecified atom stereocenters. The predicted octanol–water partition coefficient (Wildman–Crippen LogP) is 2.12. The molecule has 0 saturated carbocycles. The van der Waals surface area contributed by atoms with Gasteiger partial charge < -0.3 is 10.6 Å². The maximum atomic E-state index is 11.5. The van der Waals surface area contributed by atoms with Crippen LogP contribution in [0.1, 0.15) is 32.1 Å². The number of hydrogen-bond acceptors (Lipinski definition) is 4. The fourth-order valence-corrected chi connectivity index (χ4v) is 4.80. The van der Waals surface area contributed by atoms with E-state index in [2.05, 4.69) is 17.2 Å². The lowest BCUT2D eigenvalue weighted by Crippen LogP contribution is -2.33. The summed E-state index contributed by atoms with van der Waals surface area (Å²) in [4.78, 5) is 22.3. The Bertz CT molecular complexity index is 305. The fraction of sp³-hybridized carbons (Fsp3) is 0.692. The molecule has 0 radical (unpaired) electrons. The predicted molar refractivity (Wildman–Crippen MR) is 83.1 cm³/mol. The Hall–Kier alpha value is -0.620. The maximum Gasteiger partial charge on any atom is 0.243 e. The maximum absolute atomic E-state index is 11.5. The summed E-state index contributed by atoms with van der Waals surface area (Å²) in [5.74, 6) is 1.13. The molecule has 1 heterocycles. The van der Waals surface area contributed by atoms with Crippen LogP contribution in [0.5, 0.6) is 0 Å². The van der Waals surface area contributed by atoms with Crippen molar-refractivity contribution < 1.29 is 9.59 Å². The van der Waals surface area contributed by atoms with E-state index in [1.54, 1.807) is 0 Å². The molecule has 6 heteroatoms. The van der Waals surface area contributed by atoms with Gasteiger partial charge in [-0.1, -0.05) is 34.6 Å². The number of carbonyl (C=O) groups excluding carboxylic acids is 2. The van der Waals surface area contributed by atoms with Gasteiger partial charge in [-0.15, -0.1) is 0 Å². The van der Waals surface area contributed by atoms with Crippen LogP contribution in [0, 0.1) is 0 Å². The highest BCUT2D eigenvalue weighted by atomic mass is 33.1. The van der Waals surface area contributed by atoms with Gasteiger partial charge in [-0.25, -0.2) is 0 Å². The third kappa shape index (κ3) is 8.21. The van der Waals surface area contributed by atoms with Gasteiger partial charge in [0, 0.05) is 30.5 Å². The SMILES string of the molecule is C=CC(=O)NCCNC(=O)CCCCC1CCSS1. The van der Waals surface area contributed by atoms with E-state index in [0.717, 1.165) is 18.1 Å². The smallest absolute Gasteiger partial charge is 0.243 e. The van der Waals surface area contributed by atoms with Crippen molar-refractivity contribution in [1.82, 2.24) is 10.6 Å². The summed E-state index contributed by atoms with van der Waals surface area (Å²) in [6.07, 6.45) is 6.41. The highest BCUT2D eigenvalue weighted by Crippen LogP contribution is 2.39. The molecule has 1 fully saturated rings. The van der Waals surface area contributed by atoms with Gasteiger partial charge in [0.05, 0.1) is 0 Å². The first kappa shape index (κ1) is 16.4. The van der Waals surface area contributed by atoms with Crippen LogP contribution in [0.4, 0.5) is 0 Å². The van der Waals surface area contributed by atoms with Crippen LogP contribution >= 0.6 is 21.6 Å². The summed E-state index contributed by atoms with van der Waals surface area (Å²) >= 11 is 0. The summed E-state index contributed by atoms with van der Waals surface area (Å²) in [7, 11) is 3.95. The molecule has 1 saturated heterocycles. The Balaban J connectivity index is 1.89.